The van der Waals surface area contributed by atoms with E-state index in [4.69, 9.17) is 0 Å². The molecule has 0 saturated heterocycles. The third-order valence-corrected chi connectivity index (χ3v) is 4.42. The minimum atomic E-state index is 0.521. The summed E-state index contributed by atoms with van der Waals surface area (Å²) in [5, 5.41) is 0. The van der Waals surface area contributed by atoms with Crippen LogP contribution in [0.2, 0.25) is 0 Å². The molecule has 0 nitrogen and oxygen atoms in total. The topological polar surface area (TPSA) is 0 Å². The molecule has 1 rings (SSSR count). The Kier molecular flexibility index (Phi) is 3.90. The smallest absolute Gasteiger partial charge is 0.0354 e. The van der Waals surface area contributed by atoms with Gasteiger partial charge < -0.3 is 0 Å². The van der Waals surface area contributed by atoms with Gasteiger partial charge in [-0.1, -0.05) is 48.0 Å². The van der Waals surface area contributed by atoms with Gasteiger partial charge in [0.2, 0.25) is 0 Å². The standard InChI is InChI=1S/C15H30/c1-14(2,3)12-8-7-9-13(11-10-12)15(4,5)6/h12-13H,7-11H2,1-6H3. The molecule has 0 aromatic rings. The molecule has 1 saturated carbocycles. The molecular weight excluding hydrogens is 180 g/mol. The van der Waals surface area contributed by atoms with Gasteiger partial charge >= 0.3 is 0 Å². The van der Waals surface area contributed by atoms with E-state index >= 15 is 0 Å². The second-order valence-electron chi connectivity index (χ2n) is 7.63. The molecular formula is C15H30. The van der Waals surface area contributed by atoms with E-state index in [1.54, 1.807) is 0 Å². The van der Waals surface area contributed by atoms with Crippen molar-refractivity contribution in [2.45, 2.75) is 73.6 Å². The number of rotatable bonds is 0. The monoisotopic (exact) mass is 210 g/mol. The van der Waals surface area contributed by atoms with Crippen LogP contribution in [0.3, 0.4) is 0 Å². The Bertz CT molecular complexity index is 167. The zero-order valence-corrected chi connectivity index (χ0v) is 11.7. The highest BCUT2D eigenvalue weighted by molar-refractivity contribution is 4.82. The molecule has 2 atom stereocenters. The zero-order valence-electron chi connectivity index (χ0n) is 11.7. The van der Waals surface area contributed by atoms with Crippen molar-refractivity contribution in [3.63, 3.8) is 0 Å². The molecule has 1 aliphatic rings. The van der Waals surface area contributed by atoms with Crippen molar-refractivity contribution in [1.82, 2.24) is 0 Å². The summed E-state index contributed by atoms with van der Waals surface area (Å²) >= 11 is 0. The molecule has 90 valence electrons. The van der Waals surface area contributed by atoms with Crippen LogP contribution in [0.1, 0.15) is 73.6 Å². The van der Waals surface area contributed by atoms with Crippen molar-refractivity contribution in [2.75, 3.05) is 0 Å². The van der Waals surface area contributed by atoms with Crippen molar-refractivity contribution in [1.29, 1.82) is 0 Å². The lowest BCUT2D eigenvalue weighted by molar-refractivity contribution is 0.189. The maximum absolute atomic E-state index is 2.41. The Morgan fingerprint density at radius 2 is 0.933 bits per heavy atom. The van der Waals surface area contributed by atoms with Gasteiger partial charge in [-0.05, 0) is 48.3 Å². The van der Waals surface area contributed by atoms with Crippen LogP contribution >= 0.6 is 0 Å². The summed E-state index contributed by atoms with van der Waals surface area (Å²) in [6.07, 6.45) is 7.26. The van der Waals surface area contributed by atoms with E-state index < -0.39 is 0 Å². The van der Waals surface area contributed by atoms with E-state index in [1.807, 2.05) is 0 Å². The SMILES string of the molecule is CC(C)(C)C1CCCC(C(C)(C)C)CC1. The quantitative estimate of drug-likeness (QED) is 0.477. The van der Waals surface area contributed by atoms with Gasteiger partial charge in [-0.25, -0.2) is 0 Å². The molecule has 0 aromatic carbocycles. The molecule has 0 bridgehead atoms. The van der Waals surface area contributed by atoms with E-state index in [0.717, 1.165) is 11.8 Å². The van der Waals surface area contributed by atoms with Crippen LogP contribution in [0.4, 0.5) is 0 Å². The number of hydrogen-bond donors (Lipinski definition) is 0. The van der Waals surface area contributed by atoms with Crippen LogP contribution in [0, 0.1) is 22.7 Å². The Labute approximate surface area is 96.8 Å². The van der Waals surface area contributed by atoms with Gasteiger partial charge in [0.05, 0.1) is 0 Å². The minimum absolute atomic E-state index is 0.521. The first kappa shape index (κ1) is 13.1. The Hall–Kier alpha value is 0. The first-order chi connectivity index (χ1) is 6.71. The second kappa shape index (κ2) is 4.47. The Balaban J connectivity index is 2.57. The van der Waals surface area contributed by atoms with Crippen molar-refractivity contribution in [3.05, 3.63) is 0 Å². The summed E-state index contributed by atoms with van der Waals surface area (Å²) in [4.78, 5) is 0. The Morgan fingerprint density at radius 1 is 0.600 bits per heavy atom. The summed E-state index contributed by atoms with van der Waals surface area (Å²) in [5.74, 6) is 1.90. The van der Waals surface area contributed by atoms with E-state index in [0.29, 0.717) is 10.8 Å². The highest BCUT2D eigenvalue weighted by Gasteiger charge is 2.31. The van der Waals surface area contributed by atoms with Gasteiger partial charge in [0, 0.05) is 0 Å². The maximum atomic E-state index is 2.41. The lowest BCUT2D eigenvalue weighted by Gasteiger charge is -2.32. The van der Waals surface area contributed by atoms with Gasteiger partial charge in [-0.15, -0.1) is 0 Å². The predicted molar refractivity (Wildman–Crippen MR) is 69.0 cm³/mol. The van der Waals surface area contributed by atoms with Gasteiger partial charge in [0.15, 0.2) is 0 Å². The summed E-state index contributed by atoms with van der Waals surface area (Å²) in [7, 11) is 0. The van der Waals surface area contributed by atoms with Gasteiger partial charge in [-0.2, -0.15) is 0 Å². The fraction of sp³-hybridized carbons (Fsp3) is 1.00. The molecule has 0 amide bonds. The highest BCUT2D eigenvalue weighted by Crippen LogP contribution is 2.43. The molecule has 0 aromatic heterocycles. The summed E-state index contributed by atoms with van der Waals surface area (Å²) in [6.45, 7) is 14.5. The summed E-state index contributed by atoms with van der Waals surface area (Å²) in [5.41, 5.74) is 1.04. The van der Waals surface area contributed by atoms with Crippen LogP contribution < -0.4 is 0 Å². The van der Waals surface area contributed by atoms with Crippen LogP contribution in [-0.2, 0) is 0 Å². The fourth-order valence-electron chi connectivity index (χ4n) is 3.03. The van der Waals surface area contributed by atoms with Crippen LogP contribution in [0.25, 0.3) is 0 Å². The normalized spacial score (nSPS) is 30.0. The molecule has 0 spiro atoms. The molecule has 1 aliphatic carbocycles. The molecule has 1 fully saturated rings. The molecule has 2 unspecified atom stereocenters. The van der Waals surface area contributed by atoms with E-state index in [-0.39, 0.29) is 0 Å². The first-order valence-corrected chi connectivity index (χ1v) is 6.71. The molecule has 0 heteroatoms. The van der Waals surface area contributed by atoms with Crippen molar-refractivity contribution >= 4 is 0 Å². The minimum Gasteiger partial charge on any atom is -0.0599 e. The third kappa shape index (κ3) is 3.81. The van der Waals surface area contributed by atoms with E-state index in [9.17, 15) is 0 Å². The van der Waals surface area contributed by atoms with Gasteiger partial charge in [0.25, 0.3) is 0 Å². The highest BCUT2D eigenvalue weighted by atomic mass is 14.4. The largest absolute Gasteiger partial charge is 0.0599 e. The van der Waals surface area contributed by atoms with Crippen molar-refractivity contribution in [2.24, 2.45) is 22.7 Å². The molecule has 0 radical (unpaired) electrons. The van der Waals surface area contributed by atoms with Crippen molar-refractivity contribution in [3.8, 4) is 0 Å². The third-order valence-electron chi connectivity index (χ3n) is 4.42. The zero-order chi connectivity index (χ0) is 11.7. The molecule has 0 heterocycles. The Morgan fingerprint density at radius 3 is 1.20 bits per heavy atom. The second-order valence-corrected chi connectivity index (χ2v) is 7.63. The molecule has 0 aliphatic heterocycles. The van der Waals surface area contributed by atoms with Crippen molar-refractivity contribution < 1.29 is 0 Å². The van der Waals surface area contributed by atoms with Gasteiger partial charge in [-0.3, -0.25) is 0 Å². The van der Waals surface area contributed by atoms with Crippen LogP contribution in [0.5, 0.6) is 0 Å². The lowest BCUT2D eigenvalue weighted by Crippen LogP contribution is -2.22. The average molecular weight is 210 g/mol. The van der Waals surface area contributed by atoms with Gasteiger partial charge in [0.1, 0.15) is 0 Å². The summed E-state index contributed by atoms with van der Waals surface area (Å²) < 4.78 is 0. The molecule has 15 heavy (non-hydrogen) atoms. The van der Waals surface area contributed by atoms with E-state index in [2.05, 4.69) is 41.5 Å². The average Bonchev–Trinajstić information content (AvgIpc) is 2.24. The van der Waals surface area contributed by atoms with Crippen LogP contribution in [-0.4, -0.2) is 0 Å². The molecule has 0 N–H and O–H groups in total. The summed E-state index contributed by atoms with van der Waals surface area (Å²) in [6, 6.07) is 0. The number of hydrogen-bond acceptors (Lipinski definition) is 0. The van der Waals surface area contributed by atoms with Crippen LogP contribution in [0.15, 0.2) is 0 Å². The van der Waals surface area contributed by atoms with E-state index in [1.165, 1.54) is 32.1 Å². The lowest BCUT2D eigenvalue weighted by atomic mass is 9.74. The maximum Gasteiger partial charge on any atom is -0.0354 e. The first-order valence-electron chi connectivity index (χ1n) is 6.71. The fourth-order valence-corrected chi connectivity index (χ4v) is 3.03. The predicted octanol–water partition coefficient (Wildman–Crippen LogP) is 5.28.